The highest BCUT2D eigenvalue weighted by Crippen LogP contribution is 2.31. The Morgan fingerprint density at radius 1 is 1.42 bits per heavy atom. The lowest BCUT2D eigenvalue weighted by Crippen LogP contribution is -2.35. The van der Waals surface area contributed by atoms with Crippen molar-refractivity contribution in [2.45, 2.75) is 52.7 Å². The summed E-state index contributed by atoms with van der Waals surface area (Å²) in [6.07, 6.45) is 0.592. The molecule has 0 unspecified atom stereocenters. The standard InChI is InChI=1S/C19H29BrFN3O2/c1-12(2)23-16-9-14(20)8-15(21)17(16)22-10-13-6-7-24(11-13)18(25)26-19(3,4)5/h8-9,12-13,22-23H,6-7,10-11H2,1-5H3/t13-/m0/s1. The van der Waals surface area contributed by atoms with Gasteiger partial charge in [-0.25, -0.2) is 9.18 Å². The molecule has 0 radical (unpaired) electrons. The highest BCUT2D eigenvalue weighted by atomic mass is 79.9. The number of anilines is 2. The van der Waals surface area contributed by atoms with E-state index in [1.807, 2.05) is 40.7 Å². The minimum atomic E-state index is -0.495. The van der Waals surface area contributed by atoms with Gasteiger partial charge < -0.3 is 20.3 Å². The maximum Gasteiger partial charge on any atom is 0.410 e. The van der Waals surface area contributed by atoms with Crippen molar-refractivity contribution in [2.24, 2.45) is 5.92 Å². The van der Waals surface area contributed by atoms with Crippen LogP contribution in [0.4, 0.5) is 20.6 Å². The van der Waals surface area contributed by atoms with Gasteiger partial charge in [0.2, 0.25) is 0 Å². The van der Waals surface area contributed by atoms with E-state index >= 15 is 0 Å². The van der Waals surface area contributed by atoms with Crippen LogP contribution in [0.3, 0.4) is 0 Å². The van der Waals surface area contributed by atoms with Crippen LogP contribution in [-0.4, -0.2) is 42.3 Å². The fraction of sp³-hybridized carbons (Fsp3) is 0.632. The summed E-state index contributed by atoms with van der Waals surface area (Å²) in [6.45, 7) is 11.5. The molecule has 0 saturated carbocycles. The third-order valence-corrected chi connectivity index (χ3v) is 4.46. The second-order valence-electron chi connectivity index (χ2n) is 8.07. The van der Waals surface area contributed by atoms with Gasteiger partial charge in [-0.1, -0.05) is 15.9 Å². The van der Waals surface area contributed by atoms with E-state index in [0.717, 1.165) is 12.1 Å². The first-order valence-electron chi connectivity index (χ1n) is 9.02. The average Bonchev–Trinajstić information content (AvgIpc) is 2.92. The minimum Gasteiger partial charge on any atom is -0.444 e. The number of likely N-dealkylation sites (tertiary alicyclic amines) is 1. The molecule has 1 aliphatic rings. The molecule has 1 aromatic rings. The maximum absolute atomic E-state index is 14.4. The van der Waals surface area contributed by atoms with Crippen LogP contribution in [-0.2, 0) is 4.74 Å². The summed E-state index contributed by atoms with van der Waals surface area (Å²) in [4.78, 5) is 13.9. The molecule has 0 spiro atoms. The average molecular weight is 430 g/mol. The van der Waals surface area contributed by atoms with Crippen LogP contribution in [0.25, 0.3) is 0 Å². The number of benzene rings is 1. The summed E-state index contributed by atoms with van der Waals surface area (Å²) in [7, 11) is 0. The van der Waals surface area contributed by atoms with Crippen molar-refractivity contribution >= 4 is 33.4 Å². The van der Waals surface area contributed by atoms with Gasteiger partial charge in [-0.15, -0.1) is 0 Å². The van der Waals surface area contributed by atoms with Gasteiger partial charge in [-0.3, -0.25) is 0 Å². The lowest BCUT2D eigenvalue weighted by Gasteiger charge is -2.24. The predicted molar refractivity (Wildman–Crippen MR) is 107 cm³/mol. The van der Waals surface area contributed by atoms with Crippen molar-refractivity contribution in [3.8, 4) is 0 Å². The van der Waals surface area contributed by atoms with Crippen LogP contribution in [0.5, 0.6) is 0 Å². The quantitative estimate of drug-likeness (QED) is 0.685. The van der Waals surface area contributed by atoms with E-state index < -0.39 is 5.60 Å². The Labute approximate surface area is 163 Å². The molecule has 5 nitrogen and oxygen atoms in total. The molecular weight excluding hydrogens is 401 g/mol. The van der Waals surface area contributed by atoms with Crippen LogP contribution in [0, 0.1) is 11.7 Å². The molecule has 146 valence electrons. The molecule has 2 rings (SSSR count). The number of nitrogens with one attached hydrogen (secondary N) is 2. The monoisotopic (exact) mass is 429 g/mol. The molecule has 0 aliphatic carbocycles. The summed E-state index contributed by atoms with van der Waals surface area (Å²) in [6, 6.07) is 3.51. The number of rotatable bonds is 5. The van der Waals surface area contributed by atoms with Crippen LogP contribution >= 0.6 is 15.9 Å². The number of amides is 1. The first kappa shape index (κ1) is 20.8. The van der Waals surface area contributed by atoms with Gasteiger partial charge in [0, 0.05) is 30.1 Å². The lowest BCUT2D eigenvalue weighted by atomic mass is 10.1. The number of nitrogens with zero attached hydrogens (tertiary/aromatic N) is 1. The van der Waals surface area contributed by atoms with Gasteiger partial charge in [0.1, 0.15) is 11.4 Å². The Kier molecular flexibility index (Phi) is 6.77. The molecule has 1 aliphatic heterocycles. The van der Waals surface area contributed by atoms with E-state index in [-0.39, 0.29) is 23.9 Å². The molecule has 2 N–H and O–H groups in total. The molecule has 7 heteroatoms. The Hall–Kier alpha value is -1.50. The van der Waals surface area contributed by atoms with E-state index in [1.54, 1.807) is 4.90 Å². The zero-order valence-electron chi connectivity index (χ0n) is 16.2. The second-order valence-corrected chi connectivity index (χ2v) is 8.99. The highest BCUT2D eigenvalue weighted by Gasteiger charge is 2.29. The molecule has 1 atom stereocenters. The summed E-state index contributed by atoms with van der Waals surface area (Å²) < 4.78 is 20.5. The number of carbonyl (C=O) groups excluding carboxylic acids is 1. The molecule has 1 saturated heterocycles. The number of hydrogen-bond acceptors (Lipinski definition) is 4. The number of hydrogen-bond donors (Lipinski definition) is 2. The normalized spacial score (nSPS) is 17.5. The van der Waals surface area contributed by atoms with E-state index in [0.29, 0.717) is 29.8 Å². The van der Waals surface area contributed by atoms with Crippen LogP contribution in [0.2, 0.25) is 0 Å². The Bertz CT molecular complexity index is 646. The first-order chi connectivity index (χ1) is 12.0. The number of carbonyl (C=O) groups is 1. The fourth-order valence-electron chi connectivity index (χ4n) is 2.92. The SMILES string of the molecule is CC(C)Nc1cc(Br)cc(F)c1NC[C@@H]1CCN(C(=O)OC(C)(C)C)C1. The van der Waals surface area contributed by atoms with Crippen LogP contribution in [0.1, 0.15) is 41.0 Å². The summed E-state index contributed by atoms with van der Waals surface area (Å²) in [5, 5.41) is 6.49. The Balaban J connectivity index is 1.97. The Morgan fingerprint density at radius 2 is 2.12 bits per heavy atom. The topological polar surface area (TPSA) is 53.6 Å². The number of ether oxygens (including phenoxy) is 1. The summed E-state index contributed by atoms with van der Waals surface area (Å²) >= 11 is 3.34. The van der Waals surface area contributed by atoms with Crippen molar-refractivity contribution in [3.63, 3.8) is 0 Å². The summed E-state index contributed by atoms with van der Waals surface area (Å²) in [5.41, 5.74) is 0.706. The van der Waals surface area contributed by atoms with E-state index in [4.69, 9.17) is 4.74 Å². The van der Waals surface area contributed by atoms with Gasteiger partial charge in [0.15, 0.2) is 0 Å². The van der Waals surface area contributed by atoms with Crippen molar-refractivity contribution in [3.05, 3.63) is 22.4 Å². The number of halogens is 2. The smallest absolute Gasteiger partial charge is 0.410 e. The van der Waals surface area contributed by atoms with Gasteiger partial charge in [0.25, 0.3) is 0 Å². The zero-order valence-corrected chi connectivity index (χ0v) is 17.7. The molecule has 1 amide bonds. The Morgan fingerprint density at radius 3 is 2.73 bits per heavy atom. The second kappa shape index (κ2) is 8.46. The van der Waals surface area contributed by atoms with E-state index in [2.05, 4.69) is 26.6 Å². The first-order valence-corrected chi connectivity index (χ1v) is 9.82. The molecule has 0 aromatic heterocycles. The fourth-order valence-corrected chi connectivity index (χ4v) is 3.35. The molecule has 26 heavy (non-hydrogen) atoms. The summed E-state index contributed by atoms with van der Waals surface area (Å²) in [5.74, 6) is -0.0398. The highest BCUT2D eigenvalue weighted by molar-refractivity contribution is 9.10. The predicted octanol–water partition coefficient (Wildman–Crippen LogP) is 5.08. The molecule has 1 fully saturated rings. The van der Waals surface area contributed by atoms with Crippen molar-refractivity contribution in [1.82, 2.24) is 4.90 Å². The molecule has 0 bridgehead atoms. The molecule has 1 heterocycles. The largest absolute Gasteiger partial charge is 0.444 e. The van der Waals surface area contributed by atoms with E-state index in [1.165, 1.54) is 6.07 Å². The van der Waals surface area contributed by atoms with Crippen LogP contribution in [0.15, 0.2) is 16.6 Å². The third-order valence-electron chi connectivity index (χ3n) is 4.00. The van der Waals surface area contributed by atoms with Gasteiger partial charge in [-0.05, 0) is 59.1 Å². The molecule has 1 aromatic carbocycles. The zero-order chi connectivity index (χ0) is 19.5. The van der Waals surface area contributed by atoms with Crippen molar-refractivity contribution in [1.29, 1.82) is 0 Å². The van der Waals surface area contributed by atoms with Gasteiger partial charge in [0.05, 0.1) is 11.4 Å². The van der Waals surface area contributed by atoms with E-state index in [9.17, 15) is 9.18 Å². The van der Waals surface area contributed by atoms with Crippen molar-refractivity contribution in [2.75, 3.05) is 30.3 Å². The van der Waals surface area contributed by atoms with Crippen molar-refractivity contribution < 1.29 is 13.9 Å². The maximum atomic E-state index is 14.4. The third kappa shape index (κ3) is 6.04. The van der Waals surface area contributed by atoms with Gasteiger partial charge >= 0.3 is 6.09 Å². The van der Waals surface area contributed by atoms with Crippen LogP contribution < -0.4 is 10.6 Å². The molecular formula is C19H29BrFN3O2. The van der Waals surface area contributed by atoms with Gasteiger partial charge in [-0.2, -0.15) is 0 Å². The lowest BCUT2D eigenvalue weighted by molar-refractivity contribution is 0.0289. The minimum absolute atomic E-state index is 0.193.